The lowest BCUT2D eigenvalue weighted by Crippen LogP contribution is -2.32. The van der Waals surface area contributed by atoms with Crippen molar-refractivity contribution in [2.75, 3.05) is 0 Å². The lowest BCUT2D eigenvalue weighted by molar-refractivity contribution is 0.160. The van der Waals surface area contributed by atoms with Crippen LogP contribution in [0.15, 0.2) is 89.0 Å². The van der Waals surface area contributed by atoms with Crippen molar-refractivity contribution >= 4 is 0 Å². The molecule has 2 atom stereocenters. The molecule has 1 heteroatoms. The van der Waals surface area contributed by atoms with Crippen LogP contribution in [0.2, 0.25) is 0 Å². The molecule has 1 N–H and O–H groups in total. The number of benzene rings is 2. The maximum atomic E-state index is 11.3. The summed E-state index contributed by atoms with van der Waals surface area (Å²) in [4.78, 5) is 0. The minimum absolute atomic E-state index is 0.0267. The van der Waals surface area contributed by atoms with Crippen LogP contribution < -0.4 is 0 Å². The zero-order valence-electron chi connectivity index (χ0n) is 18.8. The van der Waals surface area contributed by atoms with Crippen molar-refractivity contribution in [1.29, 1.82) is 0 Å². The van der Waals surface area contributed by atoms with Gasteiger partial charge in [-0.05, 0) is 64.7 Å². The van der Waals surface area contributed by atoms with E-state index >= 15 is 0 Å². The van der Waals surface area contributed by atoms with Gasteiger partial charge in [0.2, 0.25) is 0 Å². The molecule has 2 aromatic rings. The molecular weight excluding hydrogens is 364 g/mol. The van der Waals surface area contributed by atoms with Gasteiger partial charge in [-0.2, -0.15) is 0 Å². The van der Waals surface area contributed by atoms with Crippen LogP contribution in [0.3, 0.4) is 0 Å². The zero-order valence-corrected chi connectivity index (χ0v) is 18.8. The van der Waals surface area contributed by atoms with Crippen molar-refractivity contribution in [3.63, 3.8) is 0 Å². The van der Waals surface area contributed by atoms with E-state index in [0.29, 0.717) is 0 Å². The summed E-state index contributed by atoms with van der Waals surface area (Å²) >= 11 is 0. The average Bonchev–Trinajstić information content (AvgIpc) is 3.07. The molecule has 0 radical (unpaired) electrons. The number of hydrogen-bond donors (Lipinski definition) is 1. The Bertz CT molecular complexity index is 978. The van der Waals surface area contributed by atoms with Gasteiger partial charge in [0.25, 0.3) is 0 Å². The topological polar surface area (TPSA) is 20.2 Å². The molecule has 1 spiro atoms. The van der Waals surface area contributed by atoms with Crippen molar-refractivity contribution in [3.8, 4) is 0 Å². The Morgan fingerprint density at radius 1 is 0.767 bits per heavy atom. The summed E-state index contributed by atoms with van der Waals surface area (Å²) in [5, 5.41) is 11.3. The summed E-state index contributed by atoms with van der Waals surface area (Å²) < 4.78 is 0. The van der Waals surface area contributed by atoms with E-state index in [0.717, 1.165) is 31.2 Å². The first-order chi connectivity index (χ1) is 14.6. The predicted molar refractivity (Wildman–Crippen MR) is 127 cm³/mol. The number of rotatable bonds is 6. The molecule has 0 heterocycles. The van der Waals surface area contributed by atoms with Crippen molar-refractivity contribution in [2.45, 2.75) is 70.8 Å². The maximum Gasteiger partial charge on any atom is 0.0893 e. The standard InChI is InChI=1S/C29H34O/c1-5-21-22(6-2)26(8-4)29(25(21)7-3)19-18-24(23-16-12-13-17-27(23)29)28(30)20-14-10-9-11-15-20/h9-19,24,28,30H,5-8H2,1-4H3. The summed E-state index contributed by atoms with van der Waals surface area (Å²) in [7, 11) is 0. The smallest absolute Gasteiger partial charge is 0.0893 e. The fraction of sp³-hybridized carbons (Fsp3) is 0.379. The molecule has 0 aromatic heterocycles. The molecule has 156 valence electrons. The highest BCUT2D eigenvalue weighted by atomic mass is 16.3. The van der Waals surface area contributed by atoms with Crippen LogP contribution in [0, 0.1) is 0 Å². The lowest BCUT2D eigenvalue weighted by atomic mass is 9.62. The van der Waals surface area contributed by atoms with Crippen LogP contribution in [-0.2, 0) is 5.41 Å². The van der Waals surface area contributed by atoms with E-state index in [4.69, 9.17) is 0 Å². The SMILES string of the molecule is CCC1=C(CC)C2(C=CC(C(O)c3ccccc3)c3ccccc32)C(CC)=C1CC. The molecule has 0 amide bonds. The largest absolute Gasteiger partial charge is 0.387 e. The lowest BCUT2D eigenvalue weighted by Gasteiger charge is -2.41. The molecule has 4 rings (SSSR count). The van der Waals surface area contributed by atoms with Crippen molar-refractivity contribution in [3.05, 3.63) is 106 Å². The number of hydrogen-bond acceptors (Lipinski definition) is 1. The fourth-order valence-corrected chi connectivity index (χ4v) is 6.11. The van der Waals surface area contributed by atoms with E-state index in [-0.39, 0.29) is 11.3 Å². The van der Waals surface area contributed by atoms with Gasteiger partial charge in [0.15, 0.2) is 0 Å². The number of allylic oxidation sites excluding steroid dienone is 5. The second kappa shape index (κ2) is 8.40. The minimum atomic E-state index is -0.540. The molecule has 2 unspecified atom stereocenters. The van der Waals surface area contributed by atoms with Gasteiger partial charge in [0.05, 0.1) is 11.5 Å². The van der Waals surface area contributed by atoms with Gasteiger partial charge < -0.3 is 5.11 Å². The maximum absolute atomic E-state index is 11.3. The van der Waals surface area contributed by atoms with Crippen LogP contribution >= 0.6 is 0 Å². The van der Waals surface area contributed by atoms with Gasteiger partial charge in [-0.25, -0.2) is 0 Å². The second-order valence-electron chi connectivity index (χ2n) is 8.46. The van der Waals surface area contributed by atoms with Gasteiger partial charge >= 0.3 is 0 Å². The summed E-state index contributed by atoms with van der Waals surface area (Å²) in [5.41, 5.74) is 9.74. The normalized spacial score (nSPS) is 20.8. The molecular formula is C29H34O. The molecule has 2 aromatic carbocycles. The molecule has 1 nitrogen and oxygen atoms in total. The van der Waals surface area contributed by atoms with E-state index in [1.54, 1.807) is 22.3 Å². The Hall–Kier alpha value is -2.38. The number of fused-ring (bicyclic) bond motifs is 2. The second-order valence-corrected chi connectivity index (χ2v) is 8.46. The summed E-state index contributed by atoms with van der Waals surface area (Å²) in [6, 6.07) is 18.9. The third-order valence-electron chi connectivity index (χ3n) is 7.24. The average molecular weight is 399 g/mol. The van der Waals surface area contributed by atoms with Gasteiger partial charge in [-0.1, -0.05) is 94.4 Å². The van der Waals surface area contributed by atoms with Gasteiger partial charge in [-0.15, -0.1) is 0 Å². The van der Waals surface area contributed by atoms with Crippen LogP contribution in [0.25, 0.3) is 0 Å². The molecule has 0 saturated heterocycles. The van der Waals surface area contributed by atoms with Crippen LogP contribution in [-0.4, -0.2) is 5.11 Å². The van der Waals surface area contributed by atoms with Crippen molar-refractivity contribution in [2.24, 2.45) is 0 Å². The highest BCUT2D eigenvalue weighted by molar-refractivity contribution is 5.68. The Kier molecular flexibility index (Phi) is 5.84. The Labute approximate surface area is 181 Å². The number of aliphatic hydroxyl groups excluding tert-OH is 1. The first-order valence-electron chi connectivity index (χ1n) is 11.6. The zero-order chi connectivity index (χ0) is 21.3. The first-order valence-corrected chi connectivity index (χ1v) is 11.6. The number of aliphatic hydroxyl groups is 1. The first kappa shape index (κ1) is 20.9. The molecule has 30 heavy (non-hydrogen) atoms. The van der Waals surface area contributed by atoms with Crippen LogP contribution in [0.1, 0.15) is 82.1 Å². The van der Waals surface area contributed by atoms with Crippen molar-refractivity contribution in [1.82, 2.24) is 0 Å². The van der Waals surface area contributed by atoms with Gasteiger partial charge in [0.1, 0.15) is 0 Å². The van der Waals surface area contributed by atoms with Gasteiger partial charge in [0, 0.05) is 5.92 Å². The summed E-state index contributed by atoms with van der Waals surface area (Å²) in [6.45, 7) is 9.21. The molecule has 0 aliphatic heterocycles. The molecule has 0 saturated carbocycles. The highest BCUT2D eigenvalue weighted by Gasteiger charge is 2.47. The van der Waals surface area contributed by atoms with Crippen LogP contribution in [0.5, 0.6) is 0 Å². The molecule has 0 fully saturated rings. The third-order valence-corrected chi connectivity index (χ3v) is 7.24. The van der Waals surface area contributed by atoms with E-state index < -0.39 is 6.10 Å². The van der Waals surface area contributed by atoms with Gasteiger partial charge in [-0.3, -0.25) is 0 Å². The fourth-order valence-electron chi connectivity index (χ4n) is 6.11. The van der Waals surface area contributed by atoms with Crippen molar-refractivity contribution < 1.29 is 5.11 Å². The Morgan fingerprint density at radius 2 is 1.33 bits per heavy atom. The van der Waals surface area contributed by atoms with E-state index in [9.17, 15) is 5.11 Å². The molecule has 2 aliphatic rings. The highest BCUT2D eigenvalue weighted by Crippen LogP contribution is 2.58. The molecule has 2 aliphatic carbocycles. The quantitative estimate of drug-likeness (QED) is 0.498. The third kappa shape index (κ3) is 2.94. The van der Waals surface area contributed by atoms with E-state index in [2.05, 4.69) is 64.1 Å². The predicted octanol–water partition coefficient (Wildman–Crippen LogP) is 7.56. The molecule has 0 bridgehead atoms. The minimum Gasteiger partial charge on any atom is -0.387 e. The van der Waals surface area contributed by atoms with Crippen LogP contribution in [0.4, 0.5) is 0 Å². The summed E-state index contributed by atoms with van der Waals surface area (Å²) in [5.74, 6) is -0.0267. The Balaban J connectivity index is 1.94. The van der Waals surface area contributed by atoms with E-state index in [1.165, 1.54) is 11.1 Å². The van der Waals surface area contributed by atoms with E-state index in [1.807, 2.05) is 30.3 Å². The monoisotopic (exact) mass is 398 g/mol. The summed E-state index contributed by atoms with van der Waals surface area (Å²) in [6.07, 6.45) is 8.47. The Morgan fingerprint density at radius 3 is 1.90 bits per heavy atom.